The highest BCUT2D eigenvalue weighted by Crippen LogP contribution is 2.32. The maximum atomic E-state index is 11.5. The number of rotatable bonds is 2. The van der Waals surface area contributed by atoms with E-state index in [1.54, 1.807) is 28.8 Å². The summed E-state index contributed by atoms with van der Waals surface area (Å²) in [5, 5.41) is 9.89. The molecule has 3 rings (SSSR count). The van der Waals surface area contributed by atoms with E-state index in [4.69, 9.17) is 5.73 Å². The molecule has 0 aliphatic heterocycles. The van der Waals surface area contributed by atoms with Crippen LogP contribution in [0, 0.1) is 13.8 Å². The third-order valence-electron chi connectivity index (χ3n) is 3.65. The van der Waals surface area contributed by atoms with Gasteiger partial charge in [0.05, 0.1) is 5.69 Å². The van der Waals surface area contributed by atoms with E-state index >= 15 is 0 Å². The van der Waals surface area contributed by atoms with Crippen molar-refractivity contribution in [1.29, 1.82) is 0 Å². The average molecular weight is 281 g/mol. The van der Waals surface area contributed by atoms with E-state index in [1.165, 1.54) is 0 Å². The predicted octanol–water partition coefficient (Wildman–Crippen LogP) is 2.42. The van der Waals surface area contributed by atoms with Crippen LogP contribution in [-0.4, -0.2) is 20.4 Å². The first-order valence-electron chi connectivity index (χ1n) is 6.56. The van der Waals surface area contributed by atoms with Crippen molar-refractivity contribution in [2.45, 2.75) is 13.8 Å². The molecule has 3 N–H and O–H groups in total. The van der Waals surface area contributed by atoms with Crippen LogP contribution < -0.4 is 5.73 Å². The minimum Gasteiger partial charge on any atom is -0.508 e. The number of hydrogen-bond donors (Lipinski definition) is 2. The molecule has 0 saturated heterocycles. The maximum Gasteiger partial charge on any atom is 0.265 e. The zero-order valence-corrected chi connectivity index (χ0v) is 11.8. The number of phenolic OH excluding ortho intramolecular Hbond substituents is 1. The van der Waals surface area contributed by atoms with Crippen molar-refractivity contribution >= 4 is 11.6 Å². The Balaban J connectivity index is 2.30. The first-order chi connectivity index (χ1) is 9.99. The Morgan fingerprint density at radius 2 is 2.00 bits per heavy atom. The molecule has 0 atom stereocenters. The fourth-order valence-corrected chi connectivity index (χ4v) is 2.56. The van der Waals surface area contributed by atoms with Gasteiger partial charge in [0, 0.05) is 17.3 Å². The molecule has 5 heteroatoms. The van der Waals surface area contributed by atoms with Crippen LogP contribution in [0.3, 0.4) is 0 Å². The van der Waals surface area contributed by atoms with Gasteiger partial charge < -0.3 is 10.8 Å². The second kappa shape index (κ2) is 4.63. The van der Waals surface area contributed by atoms with Crippen LogP contribution in [0.5, 0.6) is 5.75 Å². The second-order valence-corrected chi connectivity index (χ2v) is 5.03. The van der Waals surface area contributed by atoms with Crippen molar-refractivity contribution in [3.05, 3.63) is 53.3 Å². The molecule has 0 aliphatic rings. The molecule has 106 valence electrons. The van der Waals surface area contributed by atoms with Gasteiger partial charge >= 0.3 is 0 Å². The molecule has 1 aromatic carbocycles. The Bertz CT molecular complexity index is 865. The van der Waals surface area contributed by atoms with Gasteiger partial charge in [-0.15, -0.1) is 0 Å². The van der Waals surface area contributed by atoms with Gasteiger partial charge in [0.2, 0.25) is 0 Å². The molecule has 2 heterocycles. The summed E-state index contributed by atoms with van der Waals surface area (Å²) in [6.45, 7) is 3.80. The predicted molar refractivity (Wildman–Crippen MR) is 80.3 cm³/mol. The number of pyridine rings is 1. The Hall–Kier alpha value is -2.82. The monoisotopic (exact) mass is 281 g/mol. The van der Waals surface area contributed by atoms with Gasteiger partial charge in [-0.1, -0.05) is 12.1 Å². The number of benzene rings is 1. The number of carbonyl (C=O) groups is 1. The minimum absolute atomic E-state index is 0.225. The van der Waals surface area contributed by atoms with Gasteiger partial charge in [0.1, 0.15) is 17.1 Å². The third-order valence-corrected chi connectivity index (χ3v) is 3.65. The number of nitrogens with zero attached hydrogens (tertiary/aromatic N) is 2. The van der Waals surface area contributed by atoms with Crippen molar-refractivity contribution in [2.24, 2.45) is 5.73 Å². The number of amides is 1. The van der Waals surface area contributed by atoms with Crippen molar-refractivity contribution in [1.82, 2.24) is 9.38 Å². The van der Waals surface area contributed by atoms with Gasteiger partial charge in [-0.2, -0.15) is 0 Å². The largest absolute Gasteiger partial charge is 0.508 e. The molecule has 3 aromatic rings. The van der Waals surface area contributed by atoms with Gasteiger partial charge in [-0.3, -0.25) is 9.20 Å². The van der Waals surface area contributed by atoms with E-state index in [1.807, 2.05) is 26.0 Å². The number of imidazole rings is 1. The zero-order valence-electron chi connectivity index (χ0n) is 11.8. The van der Waals surface area contributed by atoms with Gasteiger partial charge in [0.15, 0.2) is 0 Å². The second-order valence-electron chi connectivity index (χ2n) is 5.03. The molecule has 0 spiro atoms. The lowest BCUT2D eigenvalue weighted by Crippen LogP contribution is -2.14. The van der Waals surface area contributed by atoms with Crippen LogP contribution in [0.15, 0.2) is 36.5 Å². The maximum absolute atomic E-state index is 11.5. The number of fused-ring (bicyclic) bond motifs is 1. The van der Waals surface area contributed by atoms with E-state index in [9.17, 15) is 9.90 Å². The fourth-order valence-electron chi connectivity index (χ4n) is 2.56. The van der Waals surface area contributed by atoms with Crippen molar-refractivity contribution in [3.8, 4) is 17.0 Å². The summed E-state index contributed by atoms with van der Waals surface area (Å²) in [5.41, 5.74) is 9.75. The van der Waals surface area contributed by atoms with Crippen molar-refractivity contribution in [2.75, 3.05) is 0 Å². The van der Waals surface area contributed by atoms with Crippen LogP contribution in [-0.2, 0) is 0 Å². The van der Waals surface area contributed by atoms with Gasteiger partial charge in [-0.25, -0.2) is 4.98 Å². The fraction of sp³-hybridized carbons (Fsp3) is 0.125. The summed E-state index contributed by atoms with van der Waals surface area (Å²) in [7, 11) is 0. The molecule has 1 amide bonds. The van der Waals surface area contributed by atoms with Crippen LogP contribution in [0.2, 0.25) is 0 Å². The number of carbonyl (C=O) groups excluding carboxylic acids is 1. The number of aromatic nitrogens is 2. The van der Waals surface area contributed by atoms with Crippen LogP contribution >= 0.6 is 0 Å². The highest BCUT2D eigenvalue weighted by Gasteiger charge is 2.14. The number of aryl methyl sites for hydroxylation is 1. The Kier molecular flexibility index (Phi) is 2.90. The van der Waals surface area contributed by atoms with Gasteiger partial charge in [0.25, 0.3) is 5.91 Å². The summed E-state index contributed by atoms with van der Waals surface area (Å²) >= 11 is 0. The lowest BCUT2D eigenvalue weighted by molar-refractivity contribution is 0.0994. The Morgan fingerprint density at radius 1 is 1.24 bits per heavy atom. The number of nitrogens with two attached hydrogens (primary N) is 1. The number of primary amides is 1. The first-order valence-corrected chi connectivity index (χ1v) is 6.56. The molecule has 0 saturated carbocycles. The summed E-state index contributed by atoms with van der Waals surface area (Å²) < 4.78 is 1.67. The highest BCUT2D eigenvalue weighted by atomic mass is 16.3. The van der Waals surface area contributed by atoms with Crippen LogP contribution in [0.25, 0.3) is 16.9 Å². The first kappa shape index (κ1) is 13.2. The zero-order chi connectivity index (χ0) is 15.1. The van der Waals surface area contributed by atoms with E-state index < -0.39 is 5.91 Å². The Morgan fingerprint density at radius 3 is 2.71 bits per heavy atom. The molecule has 5 nitrogen and oxygen atoms in total. The molecule has 0 fully saturated rings. The smallest absolute Gasteiger partial charge is 0.265 e. The normalized spacial score (nSPS) is 11.0. The lowest BCUT2D eigenvalue weighted by Gasteiger charge is -2.08. The quantitative estimate of drug-likeness (QED) is 0.757. The van der Waals surface area contributed by atoms with E-state index in [2.05, 4.69) is 4.98 Å². The van der Waals surface area contributed by atoms with Crippen LogP contribution in [0.1, 0.15) is 21.6 Å². The molecular weight excluding hydrogens is 266 g/mol. The Labute approximate surface area is 121 Å². The minimum atomic E-state index is -0.506. The molecule has 0 bridgehead atoms. The van der Waals surface area contributed by atoms with E-state index in [-0.39, 0.29) is 5.75 Å². The van der Waals surface area contributed by atoms with E-state index in [0.717, 1.165) is 16.7 Å². The molecular formula is C16H15N3O2. The van der Waals surface area contributed by atoms with E-state index in [0.29, 0.717) is 17.0 Å². The lowest BCUT2D eigenvalue weighted by atomic mass is 10.00. The summed E-state index contributed by atoms with van der Waals surface area (Å²) in [6.07, 6.45) is 1.77. The SMILES string of the molecule is Cc1ccc(O)c(C)c1-c1cn2c(C(N)=O)cccc2n1. The summed E-state index contributed by atoms with van der Waals surface area (Å²) in [6, 6.07) is 8.72. The van der Waals surface area contributed by atoms with Crippen molar-refractivity contribution < 1.29 is 9.90 Å². The molecule has 0 aliphatic carbocycles. The van der Waals surface area contributed by atoms with Crippen molar-refractivity contribution in [3.63, 3.8) is 0 Å². The number of phenols is 1. The summed E-state index contributed by atoms with van der Waals surface area (Å²) in [5.74, 6) is -0.281. The molecule has 0 radical (unpaired) electrons. The average Bonchev–Trinajstić information content (AvgIpc) is 2.86. The molecule has 2 aromatic heterocycles. The number of hydrogen-bond acceptors (Lipinski definition) is 3. The number of aromatic hydroxyl groups is 1. The molecule has 21 heavy (non-hydrogen) atoms. The molecule has 0 unspecified atom stereocenters. The van der Waals surface area contributed by atoms with Crippen LogP contribution in [0.4, 0.5) is 0 Å². The van der Waals surface area contributed by atoms with Gasteiger partial charge in [-0.05, 0) is 37.6 Å². The summed E-state index contributed by atoms with van der Waals surface area (Å²) in [4.78, 5) is 16.0. The third kappa shape index (κ3) is 2.03. The topological polar surface area (TPSA) is 80.6 Å². The highest BCUT2D eigenvalue weighted by molar-refractivity contribution is 5.92. The standard InChI is InChI=1S/C16H15N3O2/c1-9-6-7-13(20)10(2)15(9)11-8-19-12(16(17)21)4-3-5-14(19)18-11/h3-8,20H,1-2H3,(H2,17,21).